The number of halogens is 1. The highest BCUT2D eigenvalue weighted by Crippen LogP contribution is 2.21. The number of nitrogens with one attached hydrogen (secondary N) is 1. The molecule has 0 bridgehead atoms. The van der Waals surface area contributed by atoms with Gasteiger partial charge in [0.2, 0.25) is 0 Å². The van der Waals surface area contributed by atoms with Gasteiger partial charge in [-0.25, -0.2) is 0 Å². The van der Waals surface area contributed by atoms with Gasteiger partial charge in [0, 0.05) is 23.1 Å². The third-order valence-electron chi connectivity index (χ3n) is 4.06. The summed E-state index contributed by atoms with van der Waals surface area (Å²) in [6.07, 6.45) is 2.47. The van der Waals surface area contributed by atoms with Crippen molar-refractivity contribution < 1.29 is 0 Å². The largest absolute Gasteiger partial charge is 0.307 e. The first-order chi connectivity index (χ1) is 8.56. The van der Waals surface area contributed by atoms with Crippen molar-refractivity contribution in [2.45, 2.75) is 44.8 Å². The molecule has 0 spiro atoms. The first-order valence-corrected chi connectivity index (χ1v) is 7.16. The summed E-state index contributed by atoms with van der Waals surface area (Å²) in [4.78, 5) is 2.44. The molecule has 1 fully saturated rings. The van der Waals surface area contributed by atoms with Crippen LogP contribution in [0.25, 0.3) is 0 Å². The van der Waals surface area contributed by atoms with Crippen molar-refractivity contribution in [2.75, 3.05) is 13.6 Å². The van der Waals surface area contributed by atoms with Gasteiger partial charge in [-0.15, -0.1) is 0 Å². The molecule has 1 aliphatic rings. The van der Waals surface area contributed by atoms with Crippen LogP contribution in [0.2, 0.25) is 5.02 Å². The van der Waals surface area contributed by atoms with Crippen LogP contribution in [0.15, 0.2) is 24.3 Å². The number of benzene rings is 1. The van der Waals surface area contributed by atoms with Crippen molar-refractivity contribution in [1.29, 1.82) is 0 Å². The minimum absolute atomic E-state index is 0.392. The van der Waals surface area contributed by atoms with Crippen molar-refractivity contribution in [3.63, 3.8) is 0 Å². The molecule has 2 rings (SSSR count). The van der Waals surface area contributed by atoms with E-state index in [1.54, 1.807) is 0 Å². The average Bonchev–Trinajstić information content (AvgIpc) is 2.34. The van der Waals surface area contributed by atoms with Gasteiger partial charge in [0.05, 0.1) is 0 Å². The van der Waals surface area contributed by atoms with Crippen molar-refractivity contribution in [3.05, 3.63) is 34.9 Å². The topological polar surface area (TPSA) is 15.3 Å². The minimum atomic E-state index is 0.392. The molecular weight excluding hydrogens is 244 g/mol. The van der Waals surface area contributed by atoms with Crippen LogP contribution in [-0.2, 0) is 0 Å². The van der Waals surface area contributed by atoms with Crippen LogP contribution in [0.1, 0.15) is 38.3 Å². The van der Waals surface area contributed by atoms with Gasteiger partial charge in [0.15, 0.2) is 0 Å². The van der Waals surface area contributed by atoms with E-state index >= 15 is 0 Å². The van der Waals surface area contributed by atoms with Gasteiger partial charge in [-0.2, -0.15) is 0 Å². The number of likely N-dealkylation sites (tertiary alicyclic amines) is 1. The SMILES string of the molecule is CC1CC(N[C@H](C)c2ccc(Cl)cc2)CCN1C. The lowest BCUT2D eigenvalue weighted by Crippen LogP contribution is -2.46. The van der Waals surface area contributed by atoms with Crippen LogP contribution >= 0.6 is 11.6 Å². The van der Waals surface area contributed by atoms with Gasteiger partial charge >= 0.3 is 0 Å². The van der Waals surface area contributed by atoms with E-state index in [4.69, 9.17) is 11.6 Å². The van der Waals surface area contributed by atoms with Crippen molar-refractivity contribution in [2.24, 2.45) is 0 Å². The van der Waals surface area contributed by atoms with Gasteiger partial charge < -0.3 is 10.2 Å². The Labute approximate surface area is 115 Å². The Hall–Kier alpha value is -0.570. The number of hydrogen-bond donors (Lipinski definition) is 1. The second-order valence-electron chi connectivity index (χ2n) is 5.49. The molecule has 2 nitrogen and oxygen atoms in total. The summed E-state index contributed by atoms with van der Waals surface area (Å²) in [5, 5.41) is 4.54. The van der Waals surface area contributed by atoms with Gasteiger partial charge in [0.1, 0.15) is 0 Å². The fourth-order valence-electron chi connectivity index (χ4n) is 2.64. The Kier molecular flexibility index (Phi) is 4.66. The molecule has 1 aliphatic heterocycles. The summed E-state index contributed by atoms with van der Waals surface area (Å²) in [5.74, 6) is 0. The summed E-state index contributed by atoms with van der Waals surface area (Å²) in [6.45, 7) is 5.72. The summed E-state index contributed by atoms with van der Waals surface area (Å²) in [7, 11) is 2.21. The third-order valence-corrected chi connectivity index (χ3v) is 4.32. The number of hydrogen-bond acceptors (Lipinski definition) is 2. The van der Waals surface area contributed by atoms with Gasteiger partial charge in [-0.1, -0.05) is 23.7 Å². The molecule has 3 heteroatoms. The molecule has 1 aromatic rings. The zero-order valence-electron chi connectivity index (χ0n) is 11.5. The van der Waals surface area contributed by atoms with Crippen molar-refractivity contribution in [1.82, 2.24) is 10.2 Å². The number of nitrogens with zero attached hydrogens (tertiary/aromatic N) is 1. The first-order valence-electron chi connectivity index (χ1n) is 6.78. The molecule has 0 amide bonds. The standard InChI is InChI=1S/C15H23ClN2/c1-11-10-15(8-9-18(11)3)17-12(2)13-4-6-14(16)7-5-13/h4-7,11-12,15,17H,8-10H2,1-3H3/t11?,12-,15?/m1/s1. The van der Waals surface area contributed by atoms with Crippen molar-refractivity contribution >= 4 is 11.6 Å². The third kappa shape index (κ3) is 3.47. The maximum atomic E-state index is 5.92. The average molecular weight is 267 g/mol. The monoisotopic (exact) mass is 266 g/mol. The Balaban J connectivity index is 1.91. The molecule has 2 unspecified atom stereocenters. The van der Waals surface area contributed by atoms with E-state index in [2.05, 4.69) is 43.2 Å². The smallest absolute Gasteiger partial charge is 0.0406 e. The molecule has 3 atom stereocenters. The Morgan fingerprint density at radius 1 is 1.33 bits per heavy atom. The molecular formula is C15H23ClN2. The maximum absolute atomic E-state index is 5.92. The second-order valence-corrected chi connectivity index (χ2v) is 5.93. The molecule has 1 N–H and O–H groups in total. The Morgan fingerprint density at radius 3 is 2.61 bits per heavy atom. The van der Waals surface area contributed by atoms with Gasteiger partial charge in [-0.05, 0) is 58.0 Å². The highest BCUT2D eigenvalue weighted by molar-refractivity contribution is 6.30. The summed E-state index contributed by atoms with van der Waals surface area (Å²) < 4.78 is 0. The normalized spacial score (nSPS) is 27.1. The maximum Gasteiger partial charge on any atom is 0.0406 e. The van der Waals surface area contributed by atoms with Crippen LogP contribution in [0.4, 0.5) is 0 Å². The zero-order chi connectivity index (χ0) is 13.1. The van der Waals surface area contributed by atoms with Crippen molar-refractivity contribution in [3.8, 4) is 0 Å². The molecule has 100 valence electrons. The molecule has 1 heterocycles. The summed E-state index contributed by atoms with van der Waals surface area (Å²) >= 11 is 5.92. The molecule has 0 radical (unpaired) electrons. The molecule has 0 aliphatic carbocycles. The van der Waals surface area contributed by atoms with Crippen LogP contribution in [0.3, 0.4) is 0 Å². The van der Waals surface area contributed by atoms with Crippen LogP contribution < -0.4 is 5.32 Å². The van der Waals surface area contributed by atoms with E-state index in [1.807, 2.05) is 12.1 Å². The molecule has 0 aromatic heterocycles. The molecule has 18 heavy (non-hydrogen) atoms. The highest BCUT2D eigenvalue weighted by atomic mass is 35.5. The van der Waals surface area contributed by atoms with Gasteiger partial charge in [-0.3, -0.25) is 0 Å². The van der Waals surface area contributed by atoms with E-state index in [9.17, 15) is 0 Å². The summed E-state index contributed by atoms with van der Waals surface area (Å²) in [5.41, 5.74) is 1.31. The van der Waals surface area contributed by atoms with E-state index in [0.717, 1.165) is 5.02 Å². The summed E-state index contributed by atoms with van der Waals surface area (Å²) in [6, 6.07) is 9.84. The lowest BCUT2D eigenvalue weighted by Gasteiger charge is -2.36. The van der Waals surface area contributed by atoms with E-state index < -0.39 is 0 Å². The Morgan fingerprint density at radius 2 is 2.00 bits per heavy atom. The number of piperidine rings is 1. The Bertz CT molecular complexity index is 377. The minimum Gasteiger partial charge on any atom is -0.307 e. The van der Waals surface area contributed by atoms with E-state index in [1.165, 1.54) is 24.9 Å². The fraction of sp³-hybridized carbons (Fsp3) is 0.600. The quantitative estimate of drug-likeness (QED) is 0.901. The fourth-order valence-corrected chi connectivity index (χ4v) is 2.77. The lowest BCUT2D eigenvalue weighted by atomic mass is 9.97. The van der Waals surface area contributed by atoms with Gasteiger partial charge in [0.25, 0.3) is 0 Å². The van der Waals surface area contributed by atoms with Crippen LogP contribution in [0, 0.1) is 0 Å². The molecule has 1 aromatic carbocycles. The van der Waals surface area contributed by atoms with E-state index in [0.29, 0.717) is 18.1 Å². The number of rotatable bonds is 3. The lowest BCUT2D eigenvalue weighted by molar-refractivity contribution is 0.163. The predicted molar refractivity (Wildman–Crippen MR) is 78.1 cm³/mol. The van der Waals surface area contributed by atoms with Crippen LogP contribution in [0.5, 0.6) is 0 Å². The molecule has 0 saturated carbocycles. The zero-order valence-corrected chi connectivity index (χ0v) is 12.2. The predicted octanol–water partition coefficient (Wildman–Crippen LogP) is 3.47. The first kappa shape index (κ1) is 13.9. The molecule has 1 saturated heterocycles. The highest BCUT2D eigenvalue weighted by Gasteiger charge is 2.23. The second kappa shape index (κ2) is 6.05. The van der Waals surface area contributed by atoms with E-state index in [-0.39, 0.29) is 0 Å². The van der Waals surface area contributed by atoms with Crippen LogP contribution in [-0.4, -0.2) is 30.6 Å².